The number of amides is 2. The molecule has 2 aromatic carbocycles. The first-order valence-corrected chi connectivity index (χ1v) is 8.94. The van der Waals surface area contributed by atoms with E-state index in [0.717, 1.165) is 0 Å². The zero-order valence-electron chi connectivity index (χ0n) is 17.4. The fraction of sp³-hybridized carbons (Fsp3) is 0.286. The van der Waals surface area contributed by atoms with Gasteiger partial charge in [0.15, 0.2) is 11.5 Å². The highest BCUT2D eigenvalue weighted by Gasteiger charge is 2.21. The molecule has 9 nitrogen and oxygen atoms in total. The van der Waals surface area contributed by atoms with Crippen molar-refractivity contribution in [3.63, 3.8) is 0 Å². The zero-order valence-corrected chi connectivity index (χ0v) is 17.4. The van der Waals surface area contributed by atoms with Crippen molar-refractivity contribution in [3.8, 4) is 17.2 Å². The van der Waals surface area contributed by atoms with Gasteiger partial charge in [0.1, 0.15) is 6.04 Å². The van der Waals surface area contributed by atoms with Crippen molar-refractivity contribution in [2.24, 2.45) is 0 Å². The average Bonchev–Trinajstić information content (AvgIpc) is 2.77. The molecule has 0 aromatic heterocycles. The summed E-state index contributed by atoms with van der Waals surface area (Å²) in [6.07, 6.45) is 0. The lowest BCUT2D eigenvalue weighted by atomic mass is 10.1. The lowest BCUT2D eigenvalue weighted by Gasteiger charge is -2.16. The van der Waals surface area contributed by atoms with E-state index in [-0.39, 0.29) is 5.56 Å². The minimum Gasteiger partial charge on any atom is -0.493 e. The van der Waals surface area contributed by atoms with Crippen LogP contribution in [0.3, 0.4) is 0 Å². The lowest BCUT2D eigenvalue weighted by molar-refractivity contribution is -0.117. The Morgan fingerprint density at radius 3 is 1.87 bits per heavy atom. The Kier molecular flexibility index (Phi) is 7.62. The van der Waals surface area contributed by atoms with Crippen molar-refractivity contribution < 1.29 is 33.3 Å². The Hall–Kier alpha value is -3.75. The second kappa shape index (κ2) is 10.1. The predicted molar refractivity (Wildman–Crippen MR) is 109 cm³/mol. The number of rotatable bonds is 8. The number of carbonyl (C=O) groups is 3. The molecule has 30 heavy (non-hydrogen) atoms. The van der Waals surface area contributed by atoms with Gasteiger partial charge in [0.05, 0.1) is 34.0 Å². The summed E-state index contributed by atoms with van der Waals surface area (Å²) in [5.41, 5.74) is 1.08. The summed E-state index contributed by atoms with van der Waals surface area (Å²) in [5, 5.41) is 5.29. The molecule has 0 bridgehead atoms. The molecule has 2 aromatic rings. The highest BCUT2D eigenvalue weighted by atomic mass is 16.5. The number of benzene rings is 2. The van der Waals surface area contributed by atoms with Gasteiger partial charge in [0.2, 0.25) is 11.7 Å². The van der Waals surface area contributed by atoms with Gasteiger partial charge in [0, 0.05) is 11.3 Å². The third-order valence-corrected chi connectivity index (χ3v) is 4.24. The Balaban J connectivity index is 2.08. The van der Waals surface area contributed by atoms with Crippen molar-refractivity contribution in [3.05, 3.63) is 47.5 Å². The van der Waals surface area contributed by atoms with Gasteiger partial charge < -0.3 is 29.6 Å². The van der Waals surface area contributed by atoms with E-state index in [9.17, 15) is 14.4 Å². The molecule has 0 aliphatic rings. The Bertz CT molecular complexity index is 900. The standard InChI is InChI=1S/C21H24N2O7/c1-12(19(24)23-15-8-6-13(7-9-15)21(26)30-5)22-20(25)14-10-16(27-2)18(29-4)17(11-14)28-3/h6-12H,1-5H3,(H,22,25)(H,23,24)/t12-/m0/s1. The number of hydrogen-bond acceptors (Lipinski definition) is 7. The smallest absolute Gasteiger partial charge is 0.337 e. The number of methoxy groups -OCH3 is 4. The minimum atomic E-state index is -0.836. The zero-order chi connectivity index (χ0) is 22.3. The predicted octanol–water partition coefficient (Wildman–Crippen LogP) is 2.26. The van der Waals surface area contributed by atoms with Crippen LogP contribution in [-0.4, -0.2) is 52.3 Å². The lowest BCUT2D eigenvalue weighted by Crippen LogP contribution is -2.41. The van der Waals surface area contributed by atoms with Crippen molar-refractivity contribution in [2.75, 3.05) is 33.8 Å². The van der Waals surface area contributed by atoms with Crippen LogP contribution in [0, 0.1) is 0 Å². The second-order valence-corrected chi connectivity index (χ2v) is 6.17. The molecule has 2 amide bonds. The van der Waals surface area contributed by atoms with Crippen LogP contribution in [0.2, 0.25) is 0 Å². The number of hydrogen-bond donors (Lipinski definition) is 2. The molecule has 2 rings (SSSR count). The van der Waals surface area contributed by atoms with Gasteiger partial charge in [-0.2, -0.15) is 0 Å². The third kappa shape index (κ3) is 5.19. The topological polar surface area (TPSA) is 112 Å². The largest absolute Gasteiger partial charge is 0.493 e. The molecular formula is C21H24N2O7. The van der Waals surface area contributed by atoms with Gasteiger partial charge in [-0.15, -0.1) is 0 Å². The van der Waals surface area contributed by atoms with E-state index in [1.165, 1.54) is 52.7 Å². The summed E-state index contributed by atoms with van der Waals surface area (Å²) < 4.78 is 20.3. The summed E-state index contributed by atoms with van der Waals surface area (Å²) in [5.74, 6) is -0.384. The fourth-order valence-electron chi connectivity index (χ4n) is 2.62. The molecule has 160 valence electrons. The van der Waals surface area contributed by atoms with Crippen molar-refractivity contribution in [1.29, 1.82) is 0 Å². The molecule has 0 aliphatic carbocycles. The van der Waals surface area contributed by atoms with Crippen molar-refractivity contribution in [2.45, 2.75) is 13.0 Å². The normalized spacial score (nSPS) is 11.1. The van der Waals surface area contributed by atoms with Crippen LogP contribution in [0.5, 0.6) is 17.2 Å². The van der Waals surface area contributed by atoms with Gasteiger partial charge >= 0.3 is 5.97 Å². The van der Waals surface area contributed by atoms with Crippen LogP contribution < -0.4 is 24.8 Å². The molecule has 1 atom stereocenters. The number of carbonyl (C=O) groups excluding carboxylic acids is 3. The minimum absolute atomic E-state index is 0.242. The van der Waals surface area contributed by atoms with Crippen molar-refractivity contribution >= 4 is 23.5 Å². The van der Waals surface area contributed by atoms with E-state index in [1.54, 1.807) is 19.1 Å². The highest BCUT2D eigenvalue weighted by Crippen LogP contribution is 2.38. The second-order valence-electron chi connectivity index (χ2n) is 6.17. The Morgan fingerprint density at radius 1 is 0.833 bits per heavy atom. The molecule has 0 unspecified atom stereocenters. The van der Waals surface area contributed by atoms with Gasteiger partial charge in [-0.25, -0.2) is 4.79 Å². The van der Waals surface area contributed by atoms with E-state index in [4.69, 9.17) is 14.2 Å². The van der Waals surface area contributed by atoms with Crippen LogP contribution >= 0.6 is 0 Å². The van der Waals surface area contributed by atoms with Crippen LogP contribution in [-0.2, 0) is 9.53 Å². The van der Waals surface area contributed by atoms with E-state index < -0.39 is 23.8 Å². The molecule has 9 heteroatoms. The molecule has 0 saturated carbocycles. The van der Waals surface area contributed by atoms with E-state index >= 15 is 0 Å². The number of anilines is 1. The number of nitrogens with one attached hydrogen (secondary N) is 2. The maximum absolute atomic E-state index is 12.6. The highest BCUT2D eigenvalue weighted by molar-refractivity contribution is 6.01. The molecule has 0 heterocycles. The molecule has 2 N–H and O–H groups in total. The molecular weight excluding hydrogens is 392 g/mol. The summed E-state index contributed by atoms with van der Waals surface area (Å²) in [7, 11) is 5.64. The summed E-state index contributed by atoms with van der Waals surface area (Å²) in [6, 6.07) is 8.34. The van der Waals surface area contributed by atoms with Crippen LogP contribution in [0.15, 0.2) is 36.4 Å². The van der Waals surface area contributed by atoms with Crippen LogP contribution in [0.1, 0.15) is 27.6 Å². The summed E-state index contributed by atoms with van der Waals surface area (Å²) in [6.45, 7) is 1.55. The van der Waals surface area contributed by atoms with Gasteiger partial charge in [-0.05, 0) is 43.3 Å². The van der Waals surface area contributed by atoms with Crippen molar-refractivity contribution in [1.82, 2.24) is 5.32 Å². The molecule has 0 fully saturated rings. The van der Waals surface area contributed by atoms with Gasteiger partial charge in [-0.1, -0.05) is 0 Å². The first kappa shape index (κ1) is 22.5. The maximum atomic E-state index is 12.6. The first-order valence-electron chi connectivity index (χ1n) is 8.94. The molecule has 0 radical (unpaired) electrons. The van der Waals surface area contributed by atoms with Crippen LogP contribution in [0.4, 0.5) is 5.69 Å². The van der Waals surface area contributed by atoms with Crippen LogP contribution in [0.25, 0.3) is 0 Å². The van der Waals surface area contributed by atoms with E-state index in [1.807, 2.05) is 0 Å². The third-order valence-electron chi connectivity index (χ3n) is 4.24. The number of ether oxygens (including phenoxy) is 4. The number of esters is 1. The SMILES string of the molecule is COC(=O)c1ccc(NC(=O)[C@H](C)NC(=O)c2cc(OC)c(OC)c(OC)c2)cc1. The first-order chi connectivity index (χ1) is 14.3. The average molecular weight is 416 g/mol. The van der Waals surface area contributed by atoms with Gasteiger partial charge in [0.25, 0.3) is 5.91 Å². The molecule has 0 aliphatic heterocycles. The Labute approximate surface area is 174 Å². The van der Waals surface area contributed by atoms with E-state index in [2.05, 4.69) is 15.4 Å². The van der Waals surface area contributed by atoms with E-state index in [0.29, 0.717) is 28.5 Å². The molecule has 0 spiro atoms. The summed E-state index contributed by atoms with van der Waals surface area (Å²) >= 11 is 0. The monoisotopic (exact) mass is 416 g/mol. The fourth-order valence-corrected chi connectivity index (χ4v) is 2.62. The molecule has 0 saturated heterocycles. The summed E-state index contributed by atoms with van der Waals surface area (Å²) in [4.78, 5) is 36.5. The van der Waals surface area contributed by atoms with Gasteiger partial charge in [-0.3, -0.25) is 9.59 Å². The maximum Gasteiger partial charge on any atom is 0.337 e. The quantitative estimate of drug-likeness (QED) is 0.635. The Morgan fingerprint density at radius 2 is 1.40 bits per heavy atom.